The minimum Gasteiger partial charge on any atom is -0.491 e. The van der Waals surface area contributed by atoms with E-state index in [-0.39, 0.29) is 17.6 Å². The molecule has 1 fully saturated rings. The number of rotatable bonds is 8. The summed E-state index contributed by atoms with van der Waals surface area (Å²) in [4.78, 5) is 26.9. The van der Waals surface area contributed by atoms with Crippen LogP contribution in [0.1, 0.15) is 43.9 Å². The molecule has 2 bridgehead atoms. The zero-order chi connectivity index (χ0) is 21.8. The van der Waals surface area contributed by atoms with Crippen LogP contribution < -0.4 is 15.6 Å². The summed E-state index contributed by atoms with van der Waals surface area (Å²) in [6.45, 7) is 8.31. The topological polar surface area (TPSA) is 63.6 Å². The summed E-state index contributed by atoms with van der Waals surface area (Å²) in [5, 5.41) is 3.07. The first-order valence-corrected chi connectivity index (χ1v) is 11.4. The molecule has 3 heterocycles. The van der Waals surface area contributed by atoms with Gasteiger partial charge in [0.2, 0.25) is 5.91 Å². The highest BCUT2D eigenvalue weighted by atomic mass is 16.5. The molecule has 1 saturated heterocycles. The monoisotopic (exact) mass is 423 g/mol. The largest absolute Gasteiger partial charge is 0.491 e. The molecule has 0 radical (unpaired) electrons. The van der Waals surface area contributed by atoms with Gasteiger partial charge in [-0.05, 0) is 56.4 Å². The van der Waals surface area contributed by atoms with Crippen LogP contribution in [0.2, 0.25) is 0 Å². The van der Waals surface area contributed by atoms with Crippen molar-refractivity contribution < 1.29 is 9.53 Å². The number of ether oxygens (including phenoxy) is 1. The van der Waals surface area contributed by atoms with Crippen LogP contribution in [0.3, 0.4) is 0 Å². The van der Waals surface area contributed by atoms with E-state index in [1.54, 1.807) is 6.07 Å². The van der Waals surface area contributed by atoms with E-state index >= 15 is 0 Å². The molecule has 0 unspecified atom stereocenters. The molecule has 2 aliphatic rings. The number of pyridine rings is 1. The summed E-state index contributed by atoms with van der Waals surface area (Å²) in [5.74, 6) is 1.89. The van der Waals surface area contributed by atoms with Gasteiger partial charge in [-0.1, -0.05) is 18.2 Å². The van der Waals surface area contributed by atoms with Crippen molar-refractivity contribution in [2.75, 3.05) is 26.2 Å². The first kappa shape index (κ1) is 21.6. The maximum atomic E-state index is 12.3. The summed E-state index contributed by atoms with van der Waals surface area (Å²) in [5.41, 5.74) is 2.43. The van der Waals surface area contributed by atoms with Gasteiger partial charge in [0.25, 0.3) is 5.56 Å². The maximum Gasteiger partial charge on any atom is 0.250 e. The van der Waals surface area contributed by atoms with Crippen molar-refractivity contribution in [2.24, 2.45) is 5.92 Å². The number of amides is 1. The van der Waals surface area contributed by atoms with Gasteiger partial charge in [-0.15, -0.1) is 0 Å². The number of hydrogen-bond acceptors (Lipinski definition) is 4. The Balaban J connectivity index is 1.20. The molecule has 166 valence electrons. The number of nitrogens with zero attached hydrogens (tertiary/aromatic N) is 2. The van der Waals surface area contributed by atoms with Crippen LogP contribution in [0, 0.1) is 5.92 Å². The van der Waals surface area contributed by atoms with E-state index in [0.717, 1.165) is 50.3 Å². The minimum absolute atomic E-state index is 0.0941. The maximum absolute atomic E-state index is 12.3. The number of nitrogens with one attached hydrogen (secondary N) is 1. The fourth-order valence-electron chi connectivity index (χ4n) is 4.88. The van der Waals surface area contributed by atoms with Gasteiger partial charge in [-0.3, -0.25) is 9.59 Å². The fourth-order valence-corrected chi connectivity index (χ4v) is 4.88. The normalized spacial score (nSPS) is 20.4. The molecular formula is C25H33N3O3. The zero-order valence-corrected chi connectivity index (χ0v) is 18.5. The highest BCUT2D eigenvalue weighted by Crippen LogP contribution is 2.34. The van der Waals surface area contributed by atoms with E-state index in [1.807, 2.05) is 48.7 Å². The Hall–Kier alpha value is -2.60. The predicted octanol–water partition coefficient (Wildman–Crippen LogP) is 2.80. The van der Waals surface area contributed by atoms with Crippen molar-refractivity contribution in [1.82, 2.24) is 14.8 Å². The number of carbonyl (C=O) groups is 1. The molecule has 0 aliphatic carbocycles. The third-order valence-corrected chi connectivity index (χ3v) is 6.24. The van der Waals surface area contributed by atoms with Crippen molar-refractivity contribution in [3.63, 3.8) is 0 Å². The van der Waals surface area contributed by atoms with Gasteiger partial charge in [-0.25, -0.2) is 0 Å². The second-order valence-electron chi connectivity index (χ2n) is 9.12. The molecule has 6 heteroatoms. The van der Waals surface area contributed by atoms with Crippen molar-refractivity contribution >= 4 is 5.91 Å². The van der Waals surface area contributed by atoms with E-state index in [9.17, 15) is 9.59 Å². The van der Waals surface area contributed by atoms with Crippen LogP contribution >= 0.6 is 0 Å². The Morgan fingerprint density at radius 1 is 1.13 bits per heavy atom. The van der Waals surface area contributed by atoms with Crippen molar-refractivity contribution in [1.29, 1.82) is 0 Å². The lowest BCUT2D eigenvalue weighted by molar-refractivity contribution is -0.121. The summed E-state index contributed by atoms with van der Waals surface area (Å²) < 4.78 is 7.62. The Labute approximate surface area is 184 Å². The lowest BCUT2D eigenvalue weighted by Gasteiger charge is -2.42. The molecule has 1 N–H and O–H groups in total. The van der Waals surface area contributed by atoms with Gasteiger partial charge < -0.3 is 19.5 Å². The molecule has 1 aromatic heterocycles. The van der Waals surface area contributed by atoms with Crippen LogP contribution in [0.4, 0.5) is 0 Å². The molecule has 2 atom stereocenters. The molecule has 31 heavy (non-hydrogen) atoms. The smallest absolute Gasteiger partial charge is 0.250 e. The number of fused-ring (bicyclic) bond motifs is 4. The van der Waals surface area contributed by atoms with Crippen LogP contribution in [-0.2, 0) is 17.8 Å². The van der Waals surface area contributed by atoms with E-state index in [4.69, 9.17) is 4.74 Å². The third kappa shape index (κ3) is 5.56. The Morgan fingerprint density at radius 2 is 1.94 bits per heavy atom. The number of piperidine rings is 1. The highest BCUT2D eigenvalue weighted by molar-refractivity contribution is 5.76. The van der Waals surface area contributed by atoms with E-state index < -0.39 is 0 Å². The molecule has 4 rings (SSSR count). The van der Waals surface area contributed by atoms with Gasteiger partial charge in [0.15, 0.2) is 0 Å². The van der Waals surface area contributed by atoms with Gasteiger partial charge in [0.05, 0.1) is 6.10 Å². The number of carbonyl (C=O) groups excluding carboxylic acids is 1. The number of aromatic nitrogens is 1. The molecule has 2 aromatic rings. The first-order chi connectivity index (χ1) is 15.0. The number of likely N-dealkylation sites (tertiary alicyclic amines) is 1. The summed E-state index contributed by atoms with van der Waals surface area (Å²) >= 11 is 0. The molecule has 0 saturated carbocycles. The predicted molar refractivity (Wildman–Crippen MR) is 122 cm³/mol. The van der Waals surface area contributed by atoms with Crippen LogP contribution in [-0.4, -0.2) is 47.7 Å². The molecule has 2 aliphatic heterocycles. The van der Waals surface area contributed by atoms with E-state index in [1.165, 1.54) is 5.69 Å². The fraction of sp³-hybridized carbons (Fsp3) is 0.520. The zero-order valence-electron chi connectivity index (χ0n) is 18.5. The van der Waals surface area contributed by atoms with Crippen molar-refractivity contribution in [2.45, 2.75) is 51.7 Å². The molecule has 0 spiro atoms. The number of benzene rings is 1. The first-order valence-electron chi connectivity index (χ1n) is 11.4. The van der Waals surface area contributed by atoms with Crippen LogP contribution in [0.15, 0.2) is 47.3 Å². The summed E-state index contributed by atoms with van der Waals surface area (Å²) in [6, 6.07) is 13.6. The quantitative estimate of drug-likeness (QED) is 0.709. The summed E-state index contributed by atoms with van der Waals surface area (Å²) in [7, 11) is 0. The highest BCUT2D eigenvalue weighted by Gasteiger charge is 2.34. The number of hydrogen-bond donors (Lipinski definition) is 1. The van der Waals surface area contributed by atoms with Gasteiger partial charge >= 0.3 is 0 Å². The second-order valence-corrected chi connectivity index (χ2v) is 9.12. The molecule has 1 amide bonds. The lowest BCUT2D eigenvalue weighted by atomic mass is 9.83. The van der Waals surface area contributed by atoms with E-state index in [2.05, 4.69) is 16.3 Å². The Kier molecular flexibility index (Phi) is 6.76. The van der Waals surface area contributed by atoms with Gasteiger partial charge in [0.1, 0.15) is 5.75 Å². The summed E-state index contributed by atoms with van der Waals surface area (Å²) in [6.07, 6.45) is 2.54. The minimum atomic E-state index is 0.0941. The van der Waals surface area contributed by atoms with E-state index in [0.29, 0.717) is 24.8 Å². The average Bonchev–Trinajstić information content (AvgIpc) is 2.74. The van der Waals surface area contributed by atoms with Crippen LogP contribution in [0.25, 0.3) is 0 Å². The standard InChI is InChI=1S/C25H33N3O3/c1-18(2)31-22-9-6-19(7-10-22)8-11-24(29)26-12-13-27-15-20-14-21(17-27)23-4-3-5-25(30)28(23)16-20/h3-7,9-10,18,20-21H,8,11-17H2,1-2H3,(H,26,29)/t20-,21+/m1/s1. The SMILES string of the molecule is CC(C)Oc1ccc(CCC(=O)NCCN2C[C@H]3C[C@@H](C2)c2cccc(=O)n2C3)cc1. The van der Waals surface area contributed by atoms with Gasteiger partial charge in [0, 0.05) is 56.8 Å². The van der Waals surface area contributed by atoms with Crippen molar-refractivity contribution in [3.8, 4) is 5.75 Å². The molecule has 6 nitrogen and oxygen atoms in total. The Bertz CT molecular complexity index is 951. The third-order valence-electron chi connectivity index (χ3n) is 6.24. The average molecular weight is 424 g/mol. The molecule has 1 aromatic carbocycles. The lowest BCUT2D eigenvalue weighted by Crippen LogP contribution is -2.48. The molecular weight excluding hydrogens is 390 g/mol. The van der Waals surface area contributed by atoms with Crippen molar-refractivity contribution in [3.05, 3.63) is 64.1 Å². The second kappa shape index (κ2) is 9.69. The number of aryl methyl sites for hydroxylation is 1. The Morgan fingerprint density at radius 3 is 2.71 bits per heavy atom. The van der Waals surface area contributed by atoms with Crippen LogP contribution in [0.5, 0.6) is 5.75 Å². The van der Waals surface area contributed by atoms with Gasteiger partial charge in [-0.2, -0.15) is 0 Å².